The van der Waals surface area contributed by atoms with Gasteiger partial charge < -0.3 is 19.9 Å². The zero-order chi connectivity index (χ0) is 25.8. The van der Waals surface area contributed by atoms with E-state index in [1.165, 1.54) is 11.8 Å². The van der Waals surface area contributed by atoms with E-state index in [4.69, 9.17) is 27.1 Å². The number of benzene rings is 1. The monoisotopic (exact) mass is 543 g/mol. The molecule has 1 aromatic heterocycles. The average molecular weight is 544 g/mol. The van der Waals surface area contributed by atoms with E-state index in [0.717, 1.165) is 50.5 Å². The number of thioether (sulfide) groups is 1. The van der Waals surface area contributed by atoms with E-state index >= 15 is 4.39 Å². The molecule has 2 aromatic rings. The zero-order valence-corrected chi connectivity index (χ0v) is 22.6. The number of nitrogens with zero attached hydrogens (tertiary/aromatic N) is 5. The Morgan fingerprint density at radius 3 is 2.84 bits per heavy atom. The third-order valence-corrected chi connectivity index (χ3v) is 8.83. The highest BCUT2D eigenvalue weighted by molar-refractivity contribution is 8.05. The van der Waals surface area contributed by atoms with Gasteiger partial charge in [-0.2, -0.15) is 9.97 Å². The predicted molar refractivity (Wildman–Crippen MR) is 148 cm³/mol. The van der Waals surface area contributed by atoms with E-state index in [9.17, 15) is 0 Å². The minimum absolute atomic E-state index is 0.186. The van der Waals surface area contributed by atoms with Crippen LogP contribution in [0.25, 0.3) is 10.9 Å². The summed E-state index contributed by atoms with van der Waals surface area (Å²) < 4.78 is 22.4. The standard InChI is InChI=1S/C26H31ClFN7OS/c1-25(27)8-7-19-20(14-25)37-26(29,33-19)18-6-5-17-22(21(18)28)31-24(36-15-16-4-3-11-34(16)2)32-23(17)35-12-9-30-10-13-35/h5-8,14,16,30H,3-4,9-13,15,29H2,1-2H3/t16-,25?,26?/m0/s1. The molecule has 0 saturated carbocycles. The Bertz CT molecular complexity index is 1330. The van der Waals surface area contributed by atoms with E-state index in [0.29, 0.717) is 29.6 Å². The van der Waals surface area contributed by atoms with Crippen molar-refractivity contribution in [3.63, 3.8) is 0 Å². The lowest BCUT2D eigenvalue weighted by Gasteiger charge is -2.30. The average Bonchev–Trinajstić information content (AvgIpc) is 3.44. The number of likely N-dealkylation sites (tertiary alicyclic amines) is 1. The molecule has 1 aromatic carbocycles. The number of rotatable bonds is 5. The van der Waals surface area contributed by atoms with E-state index < -0.39 is 15.7 Å². The predicted octanol–water partition coefficient (Wildman–Crippen LogP) is 3.36. The molecule has 2 unspecified atom stereocenters. The van der Waals surface area contributed by atoms with Crippen LogP contribution in [0.5, 0.6) is 6.01 Å². The molecule has 196 valence electrons. The summed E-state index contributed by atoms with van der Waals surface area (Å²) in [5.74, 6) is 0.177. The number of fused-ring (bicyclic) bond motifs is 2. The van der Waals surface area contributed by atoms with Crippen molar-refractivity contribution in [2.45, 2.75) is 35.7 Å². The molecule has 4 aliphatic rings. The third kappa shape index (κ3) is 4.74. The molecule has 3 aliphatic heterocycles. The van der Waals surface area contributed by atoms with Crippen molar-refractivity contribution >= 4 is 45.8 Å². The van der Waals surface area contributed by atoms with Gasteiger partial charge >= 0.3 is 6.01 Å². The first kappa shape index (κ1) is 25.1. The van der Waals surface area contributed by atoms with Crippen LogP contribution >= 0.6 is 23.4 Å². The molecule has 37 heavy (non-hydrogen) atoms. The molecule has 0 radical (unpaired) electrons. The lowest BCUT2D eigenvalue weighted by molar-refractivity contribution is 0.188. The molecule has 8 nitrogen and oxygen atoms in total. The van der Waals surface area contributed by atoms with Crippen LogP contribution in [0.2, 0.25) is 0 Å². The summed E-state index contributed by atoms with van der Waals surface area (Å²) in [6.07, 6.45) is 7.81. The summed E-state index contributed by atoms with van der Waals surface area (Å²) in [6, 6.07) is 4.05. The maximum Gasteiger partial charge on any atom is 0.319 e. The van der Waals surface area contributed by atoms with Gasteiger partial charge in [0, 0.05) is 48.1 Å². The van der Waals surface area contributed by atoms with Crippen LogP contribution in [0.1, 0.15) is 25.3 Å². The summed E-state index contributed by atoms with van der Waals surface area (Å²) in [5, 5.41) is 3.99. The minimum Gasteiger partial charge on any atom is -0.462 e. The number of anilines is 1. The van der Waals surface area contributed by atoms with Crippen molar-refractivity contribution in [1.29, 1.82) is 0 Å². The van der Waals surface area contributed by atoms with Crippen LogP contribution in [0.15, 0.2) is 40.3 Å². The lowest BCUT2D eigenvalue weighted by Crippen LogP contribution is -2.44. The summed E-state index contributed by atoms with van der Waals surface area (Å²) in [7, 11) is 2.09. The largest absolute Gasteiger partial charge is 0.462 e. The summed E-state index contributed by atoms with van der Waals surface area (Å²) in [4.78, 5) is 17.3. The molecule has 4 heterocycles. The van der Waals surface area contributed by atoms with Crippen LogP contribution in [-0.2, 0) is 4.99 Å². The normalized spacial score (nSPS) is 30.0. The number of halogens is 2. The first-order valence-corrected chi connectivity index (χ1v) is 13.9. The van der Waals surface area contributed by atoms with Gasteiger partial charge in [0.25, 0.3) is 0 Å². The molecule has 2 saturated heterocycles. The van der Waals surface area contributed by atoms with E-state index in [1.54, 1.807) is 6.07 Å². The molecule has 3 N–H and O–H groups in total. The molecule has 0 amide bonds. The van der Waals surface area contributed by atoms with Gasteiger partial charge in [-0.3, -0.25) is 5.73 Å². The Hall–Kier alpha value is -2.24. The van der Waals surface area contributed by atoms with Gasteiger partial charge in [-0.05, 0) is 51.6 Å². The van der Waals surface area contributed by atoms with Crippen molar-refractivity contribution in [2.75, 3.05) is 51.3 Å². The van der Waals surface area contributed by atoms with Crippen molar-refractivity contribution < 1.29 is 9.13 Å². The van der Waals surface area contributed by atoms with E-state index in [1.807, 2.05) is 31.2 Å². The quantitative estimate of drug-likeness (QED) is 0.555. The second-order valence-corrected chi connectivity index (χ2v) is 12.3. The van der Waals surface area contributed by atoms with Gasteiger partial charge in [-0.15, -0.1) is 11.6 Å². The molecular weight excluding hydrogens is 513 g/mol. The molecular formula is C26H31ClFN7OS. The number of alkyl halides is 1. The zero-order valence-electron chi connectivity index (χ0n) is 21.0. The molecule has 1 aliphatic carbocycles. The Morgan fingerprint density at radius 1 is 1.27 bits per heavy atom. The highest BCUT2D eigenvalue weighted by Gasteiger charge is 2.41. The number of hydrogen-bond donors (Lipinski definition) is 2. The third-order valence-electron chi connectivity index (χ3n) is 7.43. The SMILES string of the molecule is CN1CCC[C@H]1COc1nc(N2CCNCC2)c2ccc(C3(N)N=C4C=CC(C)(Cl)C=C4S3)c(F)c2n1. The Kier molecular flexibility index (Phi) is 6.43. The molecule has 0 bridgehead atoms. The van der Waals surface area contributed by atoms with Crippen LogP contribution in [0.4, 0.5) is 10.2 Å². The first-order valence-electron chi connectivity index (χ1n) is 12.7. The molecule has 11 heteroatoms. The van der Waals surface area contributed by atoms with Crippen LogP contribution in [0, 0.1) is 5.82 Å². The number of aliphatic imine (C=N–C) groups is 1. The van der Waals surface area contributed by atoms with Gasteiger partial charge in [0.1, 0.15) is 17.9 Å². The van der Waals surface area contributed by atoms with E-state index in [2.05, 4.69) is 32.1 Å². The fraction of sp³-hybridized carbons (Fsp3) is 0.500. The number of allylic oxidation sites excluding steroid dienone is 4. The number of piperazine rings is 1. The van der Waals surface area contributed by atoms with Crippen LogP contribution < -0.4 is 20.7 Å². The van der Waals surface area contributed by atoms with Crippen LogP contribution in [-0.4, -0.2) is 77.9 Å². The summed E-state index contributed by atoms with van der Waals surface area (Å²) >= 11 is 7.79. The Morgan fingerprint density at radius 2 is 2.08 bits per heavy atom. The highest BCUT2D eigenvalue weighted by atomic mass is 35.5. The Labute approximate surface area is 225 Å². The number of nitrogens with two attached hydrogens (primary N) is 1. The fourth-order valence-electron chi connectivity index (χ4n) is 5.31. The van der Waals surface area contributed by atoms with E-state index in [-0.39, 0.29) is 17.1 Å². The van der Waals surface area contributed by atoms with Crippen molar-refractivity contribution in [2.24, 2.45) is 10.7 Å². The fourth-order valence-corrected chi connectivity index (χ4v) is 6.81. The van der Waals surface area contributed by atoms with Crippen molar-refractivity contribution in [3.05, 3.63) is 46.6 Å². The molecule has 3 atom stereocenters. The topological polar surface area (TPSA) is 91.9 Å². The molecule has 6 rings (SSSR count). The highest BCUT2D eigenvalue weighted by Crippen LogP contribution is 2.48. The summed E-state index contributed by atoms with van der Waals surface area (Å²) in [6.45, 7) is 6.59. The lowest BCUT2D eigenvalue weighted by atomic mass is 10.0. The Balaban J connectivity index is 1.40. The number of hydrogen-bond acceptors (Lipinski definition) is 9. The van der Waals surface area contributed by atoms with Crippen molar-refractivity contribution in [1.82, 2.24) is 20.2 Å². The second kappa shape index (κ2) is 9.50. The maximum atomic E-state index is 16.3. The van der Waals surface area contributed by atoms with Gasteiger partial charge in [0.15, 0.2) is 10.8 Å². The summed E-state index contributed by atoms with van der Waals surface area (Å²) in [5.41, 5.74) is 7.89. The van der Waals surface area contributed by atoms with Gasteiger partial charge in [-0.25, -0.2) is 9.38 Å². The number of ether oxygens (including phenoxy) is 1. The molecule has 0 spiro atoms. The first-order chi connectivity index (χ1) is 17.7. The van der Waals surface area contributed by atoms with Crippen molar-refractivity contribution in [3.8, 4) is 6.01 Å². The number of aromatic nitrogens is 2. The number of nitrogens with one attached hydrogen (secondary N) is 1. The maximum absolute atomic E-state index is 16.3. The van der Waals surface area contributed by atoms with Gasteiger partial charge in [0.2, 0.25) is 0 Å². The second-order valence-electron chi connectivity index (χ2n) is 10.3. The number of likely N-dealkylation sites (N-methyl/N-ethyl adjacent to an activating group) is 1. The minimum atomic E-state index is -1.32. The molecule has 2 fully saturated rings. The van der Waals surface area contributed by atoms with Gasteiger partial charge in [0.05, 0.1) is 10.6 Å². The smallest absolute Gasteiger partial charge is 0.319 e. The van der Waals surface area contributed by atoms with Crippen LogP contribution in [0.3, 0.4) is 0 Å². The van der Waals surface area contributed by atoms with Gasteiger partial charge in [-0.1, -0.05) is 23.9 Å².